The summed E-state index contributed by atoms with van der Waals surface area (Å²) in [4.78, 5) is 9.58. The Morgan fingerprint density at radius 2 is 2.32 bits per heavy atom. The van der Waals surface area contributed by atoms with E-state index in [0.29, 0.717) is 5.25 Å². The summed E-state index contributed by atoms with van der Waals surface area (Å²) in [7, 11) is 1.99. The number of anilines is 2. The number of hydrazone groups is 1. The third-order valence-corrected chi connectivity index (χ3v) is 6.93. The second-order valence-corrected chi connectivity index (χ2v) is 9.33. The molecule has 146 valence electrons. The van der Waals surface area contributed by atoms with E-state index in [2.05, 4.69) is 35.7 Å². The average Bonchev–Trinajstić information content (AvgIpc) is 3.43. The van der Waals surface area contributed by atoms with Crippen molar-refractivity contribution in [1.29, 1.82) is 0 Å². The second kappa shape index (κ2) is 7.34. The molecule has 2 aliphatic rings. The zero-order chi connectivity index (χ0) is 19.1. The second-order valence-electron chi connectivity index (χ2n) is 7.21. The van der Waals surface area contributed by atoms with E-state index in [-0.39, 0.29) is 5.92 Å². The minimum atomic E-state index is 0.229. The number of hydrogen-bond acceptors (Lipinski definition) is 9. The zero-order valence-corrected chi connectivity index (χ0v) is 17.4. The number of fused-ring (bicyclic) bond motifs is 1. The first-order chi connectivity index (χ1) is 13.7. The lowest BCUT2D eigenvalue weighted by Crippen LogP contribution is -2.14. The van der Waals surface area contributed by atoms with Gasteiger partial charge in [0.15, 0.2) is 11.5 Å². The van der Waals surface area contributed by atoms with Gasteiger partial charge in [-0.25, -0.2) is 9.97 Å². The fraction of sp³-hybridized carbons (Fsp3) is 0.444. The molecule has 0 amide bonds. The molecule has 8 nitrogen and oxygen atoms in total. The van der Waals surface area contributed by atoms with Crippen molar-refractivity contribution in [3.05, 3.63) is 29.8 Å². The number of thioether (sulfide) groups is 1. The third-order valence-electron chi connectivity index (χ3n) is 4.96. The topological polar surface area (TPSA) is 82.7 Å². The van der Waals surface area contributed by atoms with Gasteiger partial charge < -0.3 is 10.6 Å². The van der Waals surface area contributed by atoms with Crippen molar-refractivity contribution in [2.24, 2.45) is 5.10 Å². The molecule has 1 saturated heterocycles. The van der Waals surface area contributed by atoms with E-state index >= 15 is 0 Å². The standard InChI is InChI=1S/C18H22N8S2/c1-11-5-15(28-24-11)22-17-18-20-8-14(12-6-21-25(2)9-12)26(18)10-16(23-17)27-13-3-4-19-7-13/h5-6,8,10,12-13,19H,3-4,7,9H2,1-2H3,(H,22,23). The van der Waals surface area contributed by atoms with E-state index < -0.39 is 0 Å². The minimum absolute atomic E-state index is 0.229. The van der Waals surface area contributed by atoms with Crippen LogP contribution in [-0.2, 0) is 0 Å². The normalized spacial score (nSPS) is 21.9. The van der Waals surface area contributed by atoms with Crippen LogP contribution < -0.4 is 10.6 Å². The Balaban J connectivity index is 1.55. The van der Waals surface area contributed by atoms with Gasteiger partial charge in [0.2, 0.25) is 0 Å². The number of nitrogens with one attached hydrogen (secondary N) is 2. The fourth-order valence-electron chi connectivity index (χ4n) is 3.58. The average molecular weight is 415 g/mol. The zero-order valence-electron chi connectivity index (χ0n) is 15.8. The highest BCUT2D eigenvalue weighted by molar-refractivity contribution is 7.99. The lowest BCUT2D eigenvalue weighted by atomic mass is 10.1. The van der Waals surface area contributed by atoms with Gasteiger partial charge in [-0.15, -0.1) is 11.8 Å². The number of aryl methyl sites for hydroxylation is 1. The number of likely N-dealkylation sites (N-methyl/N-ethyl adjacent to an activating group) is 1. The minimum Gasteiger partial charge on any atom is -0.328 e. The smallest absolute Gasteiger partial charge is 0.180 e. The first-order valence-corrected chi connectivity index (χ1v) is 11.0. The molecule has 3 aromatic heterocycles. The van der Waals surface area contributed by atoms with Crippen molar-refractivity contribution in [2.45, 2.75) is 29.5 Å². The van der Waals surface area contributed by atoms with Gasteiger partial charge in [-0.1, -0.05) is 0 Å². The number of hydrogen-bond donors (Lipinski definition) is 2. The molecular formula is C18H22N8S2. The Labute approximate surface area is 171 Å². The summed E-state index contributed by atoms with van der Waals surface area (Å²) >= 11 is 3.27. The van der Waals surface area contributed by atoms with Gasteiger partial charge in [-0.3, -0.25) is 9.41 Å². The molecule has 0 saturated carbocycles. The quantitative estimate of drug-likeness (QED) is 0.664. The molecule has 0 bridgehead atoms. The molecule has 2 unspecified atom stereocenters. The van der Waals surface area contributed by atoms with Gasteiger partial charge in [0.05, 0.1) is 23.5 Å². The Morgan fingerprint density at radius 1 is 1.39 bits per heavy atom. The van der Waals surface area contributed by atoms with Crippen molar-refractivity contribution < 1.29 is 0 Å². The van der Waals surface area contributed by atoms with Crippen LogP contribution in [0.4, 0.5) is 10.8 Å². The highest BCUT2D eigenvalue weighted by atomic mass is 32.2. The van der Waals surface area contributed by atoms with Crippen molar-refractivity contribution in [2.75, 3.05) is 32.0 Å². The summed E-state index contributed by atoms with van der Waals surface area (Å²) in [6.07, 6.45) is 7.23. The van der Waals surface area contributed by atoms with Crippen molar-refractivity contribution in [1.82, 2.24) is 29.1 Å². The van der Waals surface area contributed by atoms with Gasteiger partial charge >= 0.3 is 0 Å². The van der Waals surface area contributed by atoms with E-state index in [4.69, 9.17) is 4.98 Å². The van der Waals surface area contributed by atoms with Crippen LogP contribution in [0.15, 0.2) is 28.6 Å². The van der Waals surface area contributed by atoms with Crippen LogP contribution in [0.5, 0.6) is 0 Å². The molecule has 10 heteroatoms. The fourth-order valence-corrected chi connectivity index (χ4v) is 5.33. The van der Waals surface area contributed by atoms with E-state index in [9.17, 15) is 0 Å². The summed E-state index contributed by atoms with van der Waals surface area (Å²) in [5.74, 6) is 1.00. The predicted molar refractivity (Wildman–Crippen MR) is 114 cm³/mol. The summed E-state index contributed by atoms with van der Waals surface area (Å²) in [6, 6.07) is 2.03. The van der Waals surface area contributed by atoms with Crippen LogP contribution >= 0.6 is 23.3 Å². The molecule has 1 fully saturated rings. The van der Waals surface area contributed by atoms with Gasteiger partial charge in [-0.2, -0.15) is 9.47 Å². The molecular weight excluding hydrogens is 392 g/mol. The van der Waals surface area contributed by atoms with Gasteiger partial charge in [0.1, 0.15) is 10.0 Å². The van der Waals surface area contributed by atoms with Crippen molar-refractivity contribution in [3.8, 4) is 0 Å². The lowest BCUT2D eigenvalue weighted by Gasteiger charge is -2.14. The number of imidazole rings is 1. The monoisotopic (exact) mass is 414 g/mol. The number of nitrogens with zero attached hydrogens (tertiary/aromatic N) is 6. The van der Waals surface area contributed by atoms with Crippen LogP contribution in [0.3, 0.4) is 0 Å². The van der Waals surface area contributed by atoms with Gasteiger partial charge in [-0.05, 0) is 37.5 Å². The summed E-state index contributed by atoms with van der Waals surface area (Å²) in [5, 5.41) is 15.8. The SMILES string of the molecule is Cc1cc(Nc2nc(SC3CCNC3)cn3c(C4C=NN(C)C4)cnc23)sn1. The number of rotatable bonds is 5. The van der Waals surface area contributed by atoms with E-state index in [0.717, 1.165) is 58.9 Å². The lowest BCUT2D eigenvalue weighted by molar-refractivity contribution is 0.380. The van der Waals surface area contributed by atoms with Crippen molar-refractivity contribution >= 4 is 46.0 Å². The van der Waals surface area contributed by atoms with E-state index in [1.54, 1.807) is 0 Å². The Kier molecular flexibility index (Phi) is 4.69. The van der Waals surface area contributed by atoms with Crippen LogP contribution in [0.2, 0.25) is 0 Å². The number of aromatic nitrogens is 4. The molecule has 2 aliphatic heterocycles. The maximum absolute atomic E-state index is 4.90. The molecule has 3 aromatic rings. The van der Waals surface area contributed by atoms with Crippen LogP contribution in [0.25, 0.3) is 5.65 Å². The van der Waals surface area contributed by atoms with E-state index in [1.807, 2.05) is 49.2 Å². The van der Waals surface area contributed by atoms with E-state index in [1.165, 1.54) is 11.5 Å². The first-order valence-electron chi connectivity index (χ1n) is 9.36. The highest BCUT2D eigenvalue weighted by Crippen LogP contribution is 2.32. The van der Waals surface area contributed by atoms with Gasteiger partial charge in [0.25, 0.3) is 0 Å². The molecule has 0 spiro atoms. The highest BCUT2D eigenvalue weighted by Gasteiger charge is 2.23. The molecule has 0 radical (unpaired) electrons. The molecule has 2 atom stereocenters. The Bertz CT molecular complexity index is 1020. The van der Waals surface area contributed by atoms with Crippen LogP contribution in [-0.4, -0.2) is 61.9 Å². The van der Waals surface area contributed by atoms with Crippen LogP contribution in [0, 0.1) is 6.92 Å². The summed E-state index contributed by atoms with van der Waals surface area (Å²) in [5.41, 5.74) is 2.97. The first kappa shape index (κ1) is 17.9. The maximum atomic E-state index is 4.90. The van der Waals surface area contributed by atoms with Crippen LogP contribution in [0.1, 0.15) is 23.7 Å². The molecule has 5 heterocycles. The summed E-state index contributed by atoms with van der Waals surface area (Å²) < 4.78 is 6.53. The molecule has 2 N–H and O–H groups in total. The summed E-state index contributed by atoms with van der Waals surface area (Å²) in [6.45, 7) is 4.96. The molecule has 28 heavy (non-hydrogen) atoms. The van der Waals surface area contributed by atoms with Gasteiger partial charge in [0, 0.05) is 37.8 Å². The molecule has 5 rings (SSSR count). The largest absolute Gasteiger partial charge is 0.328 e. The van der Waals surface area contributed by atoms with Crippen molar-refractivity contribution in [3.63, 3.8) is 0 Å². The Morgan fingerprint density at radius 3 is 3.04 bits per heavy atom. The third kappa shape index (κ3) is 3.47. The molecule has 0 aliphatic carbocycles. The predicted octanol–water partition coefficient (Wildman–Crippen LogP) is 2.71. The maximum Gasteiger partial charge on any atom is 0.180 e. The molecule has 0 aromatic carbocycles. The Hall–Kier alpha value is -2.17.